The second-order valence-corrected chi connectivity index (χ2v) is 7.73. The first-order chi connectivity index (χ1) is 12.0. The fourth-order valence-electron chi connectivity index (χ4n) is 2.83. The average molecular weight is 364 g/mol. The van der Waals surface area contributed by atoms with Gasteiger partial charge in [-0.2, -0.15) is 0 Å². The van der Waals surface area contributed by atoms with Gasteiger partial charge in [0.2, 0.25) is 10.0 Å². The highest BCUT2D eigenvalue weighted by Gasteiger charge is 2.24. The first-order valence-corrected chi connectivity index (χ1v) is 9.65. The predicted octanol–water partition coefficient (Wildman–Crippen LogP) is 2.00. The second kappa shape index (κ2) is 8.05. The Kier molecular flexibility index (Phi) is 5.80. The Morgan fingerprint density at radius 2 is 1.84 bits per heavy atom. The number of sulfonamides is 1. The Balaban J connectivity index is 1.57. The molecule has 7 heteroatoms. The standard InChI is InChI=1S/C18H21FN2O3S/c19-17-8-4-5-9-18(17)25(22,23)20-12-16-14-21(10-11-24-16)13-15-6-2-1-3-7-15/h1-9,16,20H,10-14H2. The van der Waals surface area contributed by atoms with Crippen LogP contribution in [0.3, 0.4) is 0 Å². The van der Waals surface area contributed by atoms with Crippen molar-refractivity contribution in [2.45, 2.75) is 17.5 Å². The molecule has 2 aromatic carbocycles. The molecule has 0 radical (unpaired) electrons. The fourth-order valence-corrected chi connectivity index (χ4v) is 3.98. The van der Waals surface area contributed by atoms with E-state index in [4.69, 9.17) is 4.74 Å². The van der Waals surface area contributed by atoms with Gasteiger partial charge in [-0.15, -0.1) is 0 Å². The molecule has 1 aliphatic heterocycles. The van der Waals surface area contributed by atoms with Gasteiger partial charge >= 0.3 is 0 Å². The van der Waals surface area contributed by atoms with Crippen molar-refractivity contribution in [1.29, 1.82) is 0 Å². The van der Waals surface area contributed by atoms with Crippen molar-refractivity contribution < 1.29 is 17.5 Å². The lowest BCUT2D eigenvalue weighted by atomic mass is 10.2. The monoisotopic (exact) mass is 364 g/mol. The van der Waals surface area contributed by atoms with E-state index in [0.717, 1.165) is 19.2 Å². The number of nitrogens with zero attached hydrogens (tertiary/aromatic N) is 1. The molecule has 1 N–H and O–H groups in total. The topological polar surface area (TPSA) is 58.6 Å². The van der Waals surface area contributed by atoms with Crippen LogP contribution < -0.4 is 4.72 Å². The molecule has 0 saturated carbocycles. The van der Waals surface area contributed by atoms with Gasteiger partial charge in [-0.1, -0.05) is 42.5 Å². The summed E-state index contributed by atoms with van der Waals surface area (Å²) in [6.45, 7) is 2.86. The molecule has 1 atom stereocenters. The molecule has 5 nitrogen and oxygen atoms in total. The highest BCUT2D eigenvalue weighted by molar-refractivity contribution is 7.89. The zero-order valence-corrected chi connectivity index (χ0v) is 14.6. The third-order valence-corrected chi connectivity index (χ3v) is 5.56. The number of benzene rings is 2. The summed E-state index contributed by atoms with van der Waals surface area (Å²) < 4.78 is 46.3. The van der Waals surface area contributed by atoms with Crippen LogP contribution in [0.15, 0.2) is 59.5 Å². The molecule has 1 saturated heterocycles. The Hall–Kier alpha value is -1.80. The third kappa shape index (κ3) is 4.85. The minimum absolute atomic E-state index is 0.113. The number of halogens is 1. The molecule has 25 heavy (non-hydrogen) atoms. The number of hydrogen-bond donors (Lipinski definition) is 1. The molecule has 1 unspecified atom stereocenters. The van der Waals surface area contributed by atoms with E-state index in [9.17, 15) is 12.8 Å². The molecule has 2 aromatic rings. The van der Waals surface area contributed by atoms with Crippen molar-refractivity contribution in [1.82, 2.24) is 9.62 Å². The van der Waals surface area contributed by atoms with E-state index >= 15 is 0 Å². The van der Waals surface area contributed by atoms with Crippen molar-refractivity contribution in [2.75, 3.05) is 26.2 Å². The summed E-state index contributed by atoms with van der Waals surface area (Å²) in [5, 5.41) is 0. The van der Waals surface area contributed by atoms with Crippen molar-refractivity contribution in [3.8, 4) is 0 Å². The molecule has 1 aliphatic rings. The summed E-state index contributed by atoms with van der Waals surface area (Å²) >= 11 is 0. The smallest absolute Gasteiger partial charge is 0.243 e. The Labute approximate surface area is 147 Å². The maximum Gasteiger partial charge on any atom is 0.243 e. The van der Waals surface area contributed by atoms with Gasteiger partial charge in [-0.3, -0.25) is 4.90 Å². The number of rotatable bonds is 6. The fraction of sp³-hybridized carbons (Fsp3) is 0.333. The van der Waals surface area contributed by atoms with Gasteiger partial charge in [0.05, 0.1) is 12.7 Å². The van der Waals surface area contributed by atoms with Crippen LogP contribution in [-0.2, 0) is 21.3 Å². The van der Waals surface area contributed by atoms with E-state index in [1.807, 2.05) is 18.2 Å². The van der Waals surface area contributed by atoms with Gasteiger partial charge in [0, 0.05) is 26.2 Å². The lowest BCUT2D eigenvalue weighted by Crippen LogP contribution is -2.47. The largest absolute Gasteiger partial charge is 0.374 e. The first-order valence-electron chi connectivity index (χ1n) is 8.17. The van der Waals surface area contributed by atoms with Crippen LogP contribution in [0.2, 0.25) is 0 Å². The summed E-state index contributed by atoms with van der Waals surface area (Å²) in [6.07, 6.45) is -0.265. The third-order valence-electron chi connectivity index (χ3n) is 4.10. The van der Waals surface area contributed by atoms with Crippen LogP contribution in [0.5, 0.6) is 0 Å². The van der Waals surface area contributed by atoms with E-state index in [0.29, 0.717) is 13.2 Å². The molecule has 0 amide bonds. The normalized spacial score (nSPS) is 19.0. The van der Waals surface area contributed by atoms with Crippen LogP contribution in [-0.4, -0.2) is 45.7 Å². The van der Waals surface area contributed by atoms with Gasteiger partial charge < -0.3 is 4.74 Å². The van der Waals surface area contributed by atoms with Crippen molar-refractivity contribution in [3.05, 3.63) is 66.0 Å². The summed E-state index contributed by atoms with van der Waals surface area (Å²) in [5.74, 6) is -0.759. The molecule has 134 valence electrons. The van der Waals surface area contributed by atoms with Crippen LogP contribution >= 0.6 is 0 Å². The van der Waals surface area contributed by atoms with Gasteiger partial charge in [0.1, 0.15) is 10.7 Å². The highest BCUT2D eigenvalue weighted by atomic mass is 32.2. The number of ether oxygens (including phenoxy) is 1. The van der Waals surface area contributed by atoms with Gasteiger partial charge in [0.15, 0.2) is 0 Å². The maximum absolute atomic E-state index is 13.7. The van der Waals surface area contributed by atoms with E-state index in [-0.39, 0.29) is 17.5 Å². The van der Waals surface area contributed by atoms with Gasteiger partial charge in [0.25, 0.3) is 0 Å². The number of nitrogens with one attached hydrogen (secondary N) is 1. The Morgan fingerprint density at radius 1 is 1.12 bits per heavy atom. The molecule has 1 heterocycles. The molecule has 0 spiro atoms. The first kappa shape index (κ1) is 18.0. The van der Waals surface area contributed by atoms with Crippen molar-refractivity contribution in [2.24, 2.45) is 0 Å². The average Bonchev–Trinajstić information content (AvgIpc) is 2.62. The Morgan fingerprint density at radius 3 is 2.60 bits per heavy atom. The second-order valence-electron chi connectivity index (χ2n) is 6.00. The molecule has 0 aliphatic carbocycles. The van der Waals surface area contributed by atoms with Crippen LogP contribution in [0.25, 0.3) is 0 Å². The molecule has 1 fully saturated rings. The van der Waals surface area contributed by atoms with Crippen molar-refractivity contribution in [3.63, 3.8) is 0 Å². The molecule has 0 aromatic heterocycles. The minimum Gasteiger partial charge on any atom is -0.374 e. The summed E-state index contributed by atoms with van der Waals surface area (Å²) in [4.78, 5) is 1.88. The molecule has 3 rings (SSSR count). The molecule has 0 bridgehead atoms. The summed E-state index contributed by atoms with van der Waals surface area (Å²) in [7, 11) is -3.89. The SMILES string of the molecule is O=S(=O)(NCC1CN(Cc2ccccc2)CCO1)c1ccccc1F. The van der Waals surface area contributed by atoms with Crippen molar-refractivity contribution >= 4 is 10.0 Å². The zero-order valence-electron chi connectivity index (χ0n) is 13.8. The maximum atomic E-state index is 13.7. The Bertz CT molecular complexity index is 799. The van der Waals surface area contributed by atoms with Crippen LogP contribution in [0.1, 0.15) is 5.56 Å². The lowest BCUT2D eigenvalue weighted by molar-refractivity contribution is -0.0276. The summed E-state index contributed by atoms with van der Waals surface area (Å²) in [5.41, 5.74) is 1.20. The number of morpholine rings is 1. The number of hydrogen-bond acceptors (Lipinski definition) is 4. The van der Waals surface area contributed by atoms with E-state index < -0.39 is 15.8 Å². The minimum atomic E-state index is -3.89. The highest BCUT2D eigenvalue weighted by Crippen LogP contribution is 2.14. The van der Waals surface area contributed by atoms with E-state index in [1.54, 1.807) is 0 Å². The van der Waals surface area contributed by atoms with Gasteiger partial charge in [-0.05, 0) is 17.7 Å². The summed E-state index contributed by atoms with van der Waals surface area (Å²) in [6, 6.07) is 15.4. The predicted molar refractivity (Wildman–Crippen MR) is 93.0 cm³/mol. The molecular weight excluding hydrogens is 343 g/mol. The van der Waals surface area contributed by atoms with Gasteiger partial charge in [-0.25, -0.2) is 17.5 Å². The van der Waals surface area contributed by atoms with E-state index in [1.165, 1.54) is 23.8 Å². The van der Waals surface area contributed by atoms with Crippen LogP contribution in [0, 0.1) is 5.82 Å². The zero-order chi connectivity index (χ0) is 17.7. The molecular formula is C18H21FN2O3S. The van der Waals surface area contributed by atoms with Crippen LogP contribution in [0.4, 0.5) is 4.39 Å². The van der Waals surface area contributed by atoms with E-state index in [2.05, 4.69) is 21.8 Å². The lowest BCUT2D eigenvalue weighted by Gasteiger charge is -2.33. The quantitative estimate of drug-likeness (QED) is 0.852.